The molecule has 0 saturated carbocycles. The second-order valence-electron chi connectivity index (χ2n) is 5.42. The lowest BCUT2D eigenvalue weighted by Crippen LogP contribution is -2.28. The van der Waals surface area contributed by atoms with Crippen LogP contribution >= 0.6 is 0 Å². The van der Waals surface area contributed by atoms with Gasteiger partial charge in [0.2, 0.25) is 5.91 Å². The number of amides is 1. The molecule has 1 aliphatic heterocycles. The zero-order valence-corrected chi connectivity index (χ0v) is 12.8. The van der Waals surface area contributed by atoms with E-state index in [1.54, 1.807) is 23.6 Å². The van der Waals surface area contributed by atoms with E-state index in [1.165, 1.54) is 0 Å². The summed E-state index contributed by atoms with van der Waals surface area (Å²) in [6.07, 6.45) is -4.65. The number of carbonyl (C=O) groups excluding carboxylic acids is 1. The number of aryl methyl sites for hydroxylation is 1. The molecule has 1 amide bonds. The van der Waals surface area contributed by atoms with Gasteiger partial charge in [0.25, 0.3) is 5.82 Å². The van der Waals surface area contributed by atoms with Gasteiger partial charge in [0, 0.05) is 17.7 Å². The molecule has 2 aromatic rings. The molecule has 3 heterocycles. The van der Waals surface area contributed by atoms with Crippen molar-refractivity contribution in [3.05, 3.63) is 17.0 Å². The molecule has 1 aliphatic rings. The monoisotopic (exact) mass is 328 g/mol. The van der Waals surface area contributed by atoms with Gasteiger partial charge in [-0.1, -0.05) is 0 Å². The first kappa shape index (κ1) is 15.5. The Labute approximate surface area is 129 Å². The molecule has 0 bridgehead atoms. The van der Waals surface area contributed by atoms with Crippen LogP contribution in [0.1, 0.15) is 23.9 Å². The van der Waals surface area contributed by atoms with Gasteiger partial charge in [-0.05, 0) is 20.8 Å². The van der Waals surface area contributed by atoms with Gasteiger partial charge < -0.3 is 9.80 Å². The van der Waals surface area contributed by atoms with E-state index >= 15 is 0 Å². The number of nitrogens with zero attached hydrogens (tertiary/aromatic N) is 6. The molecule has 3 rings (SSSR count). The molecule has 0 unspecified atom stereocenters. The highest BCUT2D eigenvalue weighted by molar-refractivity contribution is 5.84. The number of halogens is 3. The summed E-state index contributed by atoms with van der Waals surface area (Å²) in [7, 11) is 0. The molecule has 1 saturated heterocycles. The van der Waals surface area contributed by atoms with Gasteiger partial charge >= 0.3 is 6.18 Å². The highest BCUT2D eigenvalue weighted by atomic mass is 19.4. The summed E-state index contributed by atoms with van der Waals surface area (Å²) in [5, 5.41) is 10.9. The maximum Gasteiger partial charge on any atom is 0.453 e. The lowest BCUT2D eigenvalue weighted by Gasteiger charge is -2.20. The summed E-state index contributed by atoms with van der Waals surface area (Å²) in [5.41, 5.74) is 1.31. The molecule has 0 spiro atoms. The van der Waals surface area contributed by atoms with Gasteiger partial charge in [-0.15, -0.1) is 15.3 Å². The lowest BCUT2D eigenvalue weighted by atomic mass is 10.2. The maximum absolute atomic E-state index is 13.0. The average Bonchev–Trinajstić information content (AvgIpc) is 3.05. The van der Waals surface area contributed by atoms with E-state index in [0.717, 1.165) is 0 Å². The van der Waals surface area contributed by atoms with Gasteiger partial charge in [-0.25, -0.2) is 0 Å². The van der Waals surface area contributed by atoms with Crippen molar-refractivity contribution < 1.29 is 18.0 Å². The summed E-state index contributed by atoms with van der Waals surface area (Å²) >= 11 is 0. The Morgan fingerprint density at radius 3 is 2.43 bits per heavy atom. The van der Waals surface area contributed by atoms with Crippen LogP contribution in [0.4, 0.5) is 19.0 Å². The Bertz CT molecular complexity index is 784. The normalized spacial score (nSPS) is 16.0. The number of likely N-dealkylation sites (N-methyl/N-ethyl adjacent to an activating group) is 1. The Hall–Kier alpha value is -2.39. The fourth-order valence-electron chi connectivity index (χ4n) is 2.61. The molecule has 0 N–H and O–H groups in total. The van der Waals surface area contributed by atoms with E-state index in [9.17, 15) is 18.0 Å². The zero-order valence-electron chi connectivity index (χ0n) is 12.8. The standard InChI is InChI=1S/C13H15F3N6O/c1-4-20-6-21(5-9(20)23)11-8(3)7(2)10-17-18-12(13(14,15)16)22(10)19-11/h4-6H2,1-3H3. The summed E-state index contributed by atoms with van der Waals surface area (Å²) in [4.78, 5) is 15.1. The first-order chi connectivity index (χ1) is 10.7. The number of rotatable bonds is 2. The number of anilines is 1. The fraction of sp³-hybridized carbons (Fsp3) is 0.538. The zero-order chi connectivity index (χ0) is 16.9. The summed E-state index contributed by atoms with van der Waals surface area (Å²) in [6, 6.07) is 0. The first-order valence-electron chi connectivity index (χ1n) is 7.06. The third-order valence-electron chi connectivity index (χ3n) is 4.02. The summed E-state index contributed by atoms with van der Waals surface area (Å²) < 4.78 is 39.8. The third-order valence-corrected chi connectivity index (χ3v) is 4.02. The summed E-state index contributed by atoms with van der Waals surface area (Å²) in [6.45, 7) is 6.19. The predicted molar refractivity (Wildman–Crippen MR) is 74.9 cm³/mol. The van der Waals surface area contributed by atoms with Crippen molar-refractivity contribution in [1.29, 1.82) is 0 Å². The molecular formula is C13H15F3N6O. The van der Waals surface area contributed by atoms with Gasteiger partial charge in [0.05, 0.1) is 6.67 Å². The minimum Gasteiger partial charge on any atom is -0.328 e. The second-order valence-corrected chi connectivity index (χ2v) is 5.42. The van der Waals surface area contributed by atoms with Crippen LogP contribution in [0.2, 0.25) is 0 Å². The molecule has 1 fully saturated rings. The van der Waals surface area contributed by atoms with Crippen LogP contribution in [0.25, 0.3) is 5.65 Å². The lowest BCUT2D eigenvalue weighted by molar-refractivity contribution is -0.146. The van der Waals surface area contributed by atoms with E-state index in [4.69, 9.17) is 0 Å². The predicted octanol–water partition coefficient (Wildman–Crippen LogP) is 1.39. The minimum atomic E-state index is -4.65. The topological polar surface area (TPSA) is 66.6 Å². The van der Waals surface area contributed by atoms with E-state index in [0.29, 0.717) is 34.7 Å². The minimum absolute atomic E-state index is 0.0662. The third kappa shape index (κ3) is 2.37. The molecule has 0 aliphatic carbocycles. The van der Waals surface area contributed by atoms with Gasteiger partial charge in [0.1, 0.15) is 6.54 Å². The van der Waals surface area contributed by atoms with Crippen molar-refractivity contribution in [3.63, 3.8) is 0 Å². The van der Waals surface area contributed by atoms with Crippen molar-refractivity contribution in [2.24, 2.45) is 0 Å². The van der Waals surface area contributed by atoms with Crippen LogP contribution in [0.5, 0.6) is 0 Å². The largest absolute Gasteiger partial charge is 0.453 e. The maximum atomic E-state index is 13.0. The highest BCUT2D eigenvalue weighted by Crippen LogP contribution is 2.31. The molecular weight excluding hydrogens is 313 g/mol. The molecule has 0 aromatic carbocycles. The van der Waals surface area contributed by atoms with E-state index < -0.39 is 12.0 Å². The second kappa shape index (κ2) is 5.07. The Morgan fingerprint density at radius 2 is 1.87 bits per heavy atom. The first-order valence-corrected chi connectivity index (χ1v) is 7.06. The Kier molecular flexibility index (Phi) is 3.42. The van der Waals surface area contributed by atoms with E-state index in [2.05, 4.69) is 15.3 Å². The average molecular weight is 328 g/mol. The quantitative estimate of drug-likeness (QED) is 0.833. The van der Waals surface area contributed by atoms with Crippen LogP contribution in [-0.4, -0.2) is 50.4 Å². The van der Waals surface area contributed by atoms with Crippen LogP contribution in [-0.2, 0) is 11.0 Å². The molecule has 0 radical (unpaired) electrons. The molecule has 10 heteroatoms. The van der Waals surface area contributed by atoms with Crippen LogP contribution in [0.15, 0.2) is 0 Å². The Balaban J connectivity index is 2.15. The SMILES string of the molecule is CCN1CN(c2nn3c(C(F)(F)F)nnc3c(C)c2C)CC1=O. The summed E-state index contributed by atoms with van der Waals surface area (Å²) in [5.74, 6) is -0.912. The number of hydrogen-bond donors (Lipinski definition) is 0. The van der Waals surface area contributed by atoms with Crippen LogP contribution in [0, 0.1) is 13.8 Å². The molecule has 0 atom stereocenters. The number of fused-ring (bicyclic) bond motifs is 1. The van der Waals surface area contributed by atoms with Crippen molar-refractivity contribution in [1.82, 2.24) is 24.7 Å². The van der Waals surface area contributed by atoms with Crippen molar-refractivity contribution >= 4 is 17.4 Å². The van der Waals surface area contributed by atoms with Gasteiger partial charge in [-0.3, -0.25) is 4.79 Å². The number of alkyl halides is 3. The number of aromatic nitrogens is 4. The number of hydrogen-bond acceptors (Lipinski definition) is 5. The van der Waals surface area contributed by atoms with Gasteiger partial charge in [-0.2, -0.15) is 17.7 Å². The fourth-order valence-corrected chi connectivity index (χ4v) is 2.61. The smallest absolute Gasteiger partial charge is 0.328 e. The molecule has 7 nitrogen and oxygen atoms in total. The Morgan fingerprint density at radius 1 is 1.17 bits per heavy atom. The van der Waals surface area contributed by atoms with E-state index in [-0.39, 0.29) is 18.1 Å². The van der Waals surface area contributed by atoms with E-state index in [1.807, 2.05) is 6.92 Å². The molecule has 23 heavy (non-hydrogen) atoms. The highest BCUT2D eigenvalue weighted by Gasteiger charge is 2.39. The molecule has 124 valence electrons. The molecule has 2 aromatic heterocycles. The van der Waals surface area contributed by atoms with Crippen molar-refractivity contribution in [2.75, 3.05) is 24.7 Å². The van der Waals surface area contributed by atoms with Gasteiger partial charge in [0.15, 0.2) is 11.5 Å². The van der Waals surface area contributed by atoms with Crippen LogP contribution in [0.3, 0.4) is 0 Å². The van der Waals surface area contributed by atoms with Crippen molar-refractivity contribution in [3.8, 4) is 0 Å². The van der Waals surface area contributed by atoms with Crippen LogP contribution < -0.4 is 4.90 Å². The van der Waals surface area contributed by atoms with Crippen molar-refractivity contribution in [2.45, 2.75) is 26.9 Å². The number of carbonyl (C=O) groups is 1.